The van der Waals surface area contributed by atoms with Gasteiger partial charge in [-0.15, -0.1) is 0 Å². The highest BCUT2D eigenvalue weighted by Gasteiger charge is 2.46. The number of nitriles is 1. The Morgan fingerprint density at radius 2 is 1.72 bits per heavy atom. The van der Waals surface area contributed by atoms with Gasteiger partial charge in [0.1, 0.15) is 0 Å². The maximum absolute atomic E-state index is 13.9. The van der Waals surface area contributed by atoms with Crippen molar-refractivity contribution in [2.45, 2.75) is 32.7 Å². The normalized spacial score (nSPS) is 18.3. The highest BCUT2D eigenvalue weighted by Crippen LogP contribution is 2.44. The van der Waals surface area contributed by atoms with Gasteiger partial charge in [0.15, 0.2) is 5.54 Å². The largest absolute Gasteiger partial charge is 0.289 e. The van der Waals surface area contributed by atoms with Crippen molar-refractivity contribution >= 4 is 22.8 Å². The molecule has 1 heterocycles. The van der Waals surface area contributed by atoms with E-state index in [2.05, 4.69) is 19.9 Å². The number of hydrogen-bond acceptors (Lipinski definition) is 2. The summed E-state index contributed by atoms with van der Waals surface area (Å²) < 4.78 is 0. The number of benzene rings is 3. The van der Waals surface area contributed by atoms with Crippen LogP contribution >= 0.6 is 0 Å². The third-order valence-corrected chi connectivity index (χ3v) is 5.62. The third kappa shape index (κ3) is 3.02. The first-order valence-corrected chi connectivity index (χ1v) is 9.99. The predicted molar refractivity (Wildman–Crippen MR) is 117 cm³/mol. The molecule has 0 fully saturated rings. The van der Waals surface area contributed by atoms with Crippen molar-refractivity contribution in [2.75, 3.05) is 0 Å². The van der Waals surface area contributed by atoms with Crippen molar-refractivity contribution < 1.29 is 4.79 Å². The molecule has 0 aliphatic carbocycles. The van der Waals surface area contributed by atoms with Crippen molar-refractivity contribution in [3.63, 3.8) is 0 Å². The van der Waals surface area contributed by atoms with Crippen molar-refractivity contribution in [1.82, 2.24) is 4.90 Å². The number of amides is 1. The van der Waals surface area contributed by atoms with Gasteiger partial charge in [-0.3, -0.25) is 9.69 Å². The molecule has 0 saturated carbocycles. The molecule has 1 amide bonds. The number of nitrogens with zero attached hydrogens (tertiary/aromatic N) is 2. The molecule has 1 aliphatic rings. The molecular weight excluding hydrogens is 356 g/mol. The number of carbonyl (C=O) groups is 1. The molecule has 0 bridgehead atoms. The Morgan fingerprint density at radius 1 is 1.03 bits per heavy atom. The summed E-state index contributed by atoms with van der Waals surface area (Å²) in [6.45, 7) is 6.11. The van der Waals surface area contributed by atoms with Crippen LogP contribution in [0.1, 0.15) is 48.7 Å². The van der Waals surface area contributed by atoms with E-state index in [9.17, 15) is 10.1 Å². The lowest BCUT2D eigenvalue weighted by Crippen LogP contribution is -2.50. The maximum atomic E-state index is 13.9. The van der Waals surface area contributed by atoms with E-state index in [1.165, 1.54) is 0 Å². The quantitative estimate of drug-likeness (QED) is 0.549. The first kappa shape index (κ1) is 19.0. The Hall–Kier alpha value is -3.38. The summed E-state index contributed by atoms with van der Waals surface area (Å²) in [5.41, 5.74) is 2.30. The lowest BCUT2D eigenvalue weighted by molar-refractivity contribution is 0.0636. The molecule has 144 valence electrons. The zero-order valence-electron chi connectivity index (χ0n) is 17.0. The fourth-order valence-corrected chi connectivity index (χ4v) is 4.52. The Labute approximate surface area is 171 Å². The van der Waals surface area contributed by atoms with E-state index in [-0.39, 0.29) is 11.8 Å². The molecule has 1 aliphatic heterocycles. The first-order valence-electron chi connectivity index (χ1n) is 9.99. The van der Waals surface area contributed by atoms with E-state index in [0.717, 1.165) is 27.6 Å². The van der Waals surface area contributed by atoms with Gasteiger partial charge in [0.25, 0.3) is 5.91 Å². The zero-order chi connectivity index (χ0) is 20.6. The van der Waals surface area contributed by atoms with E-state index in [0.29, 0.717) is 12.0 Å². The molecule has 0 radical (unpaired) electrons. The van der Waals surface area contributed by atoms with Crippen molar-refractivity contribution in [2.24, 2.45) is 5.92 Å². The lowest BCUT2D eigenvalue weighted by Gasteiger charge is -2.44. The summed E-state index contributed by atoms with van der Waals surface area (Å²) in [5.74, 6) is 0.115. The van der Waals surface area contributed by atoms with Crippen molar-refractivity contribution in [3.8, 4) is 6.07 Å². The molecule has 1 atom stereocenters. The van der Waals surface area contributed by atoms with Crippen LogP contribution in [-0.2, 0) is 5.54 Å². The molecule has 3 aromatic rings. The van der Waals surface area contributed by atoms with E-state index in [1.54, 1.807) is 4.90 Å². The maximum Gasteiger partial charge on any atom is 0.260 e. The van der Waals surface area contributed by atoms with Crippen LogP contribution in [-0.4, -0.2) is 10.8 Å². The topological polar surface area (TPSA) is 44.1 Å². The van der Waals surface area contributed by atoms with Gasteiger partial charge in [-0.05, 0) is 53.3 Å². The fraction of sp³-hybridized carbons (Fsp3) is 0.231. The van der Waals surface area contributed by atoms with Gasteiger partial charge in [-0.25, -0.2) is 0 Å². The summed E-state index contributed by atoms with van der Waals surface area (Å²) in [6.07, 6.45) is 2.58. The van der Waals surface area contributed by atoms with Crippen LogP contribution in [0.2, 0.25) is 0 Å². The monoisotopic (exact) mass is 380 g/mol. The van der Waals surface area contributed by atoms with Crippen molar-refractivity contribution in [1.29, 1.82) is 5.26 Å². The number of carbonyl (C=O) groups excluding carboxylic acids is 1. The molecule has 0 spiro atoms. The van der Waals surface area contributed by atoms with Crippen LogP contribution in [0.3, 0.4) is 0 Å². The second-order valence-corrected chi connectivity index (χ2v) is 8.11. The molecule has 0 N–H and O–H groups in total. The smallest absolute Gasteiger partial charge is 0.260 e. The minimum absolute atomic E-state index is 0.132. The molecule has 0 aromatic heterocycles. The minimum atomic E-state index is -1.03. The van der Waals surface area contributed by atoms with Gasteiger partial charge in [0, 0.05) is 11.3 Å². The molecular formula is C26H24N2O. The number of fused-ring (bicyclic) bond motifs is 2. The van der Waals surface area contributed by atoms with E-state index < -0.39 is 5.54 Å². The van der Waals surface area contributed by atoms with Gasteiger partial charge < -0.3 is 0 Å². The third-order valence-electron chi connectivity index (χ3n) is 5.62. The van der Waals surface area contributed by atoms with E-state index in [1.807, 2.05) is 79.7 Å². The molecule has 29 heavy (non-hydrogen) atoms. The molecule has 3 aromatic carbocycles. The molecule has 4 rings (SSSR count). The summed E-state index contributed by atoms with van der Waals surface area (Å²) in [5, 5.41) is 12.4. The summed E-state index contributed by atoms with van der Waals surface area (Å²) in [4.78, 5) is 15.6. The predicted octanol–water partition coefficient (Wildman–Crippen LogP) is 6.12. The summed E-state index contributed by atoms with van der Waals surface area (Å²) >= 11 is 0. The van der Waals surface area contributed by atoms with E-state index >= 15 is 0 Å². The lowest BCUT2D eigenvalue weighted by atomic mass is 9.76. The highest BCUT2D eigenvalue weighted by atomic mass is 16.2. The highest BCUT2D eigenvalue weighted by molar-refractivity contribution is 6.08. The Morgan fingerprint density at radius 3 is 2.48 bits per heavy atom. The van der Waals surface area contributed by atoms with Gasteiger partial charge >= 0.3 is 0 Å². The van der Waals surface area contributed by atoms with Gasteiger partial charge in [0.2, 0.25) is 0 Å². The van der Waals surface area contributed by atoms with Crippen LogP contribution in [0.5, 0.6) is 0 Å². The van der Waals surface area contributed by atoms with Crippen molar-refractivity contribution in [3.05, 3.63) is 89.1 Å². The van der Waals surface area contributed by atoms with Gasteiger partial charge in [0.05, 0.1) is 6.07 Å². The second kappa shape index (κ2) is 7.22. The standard InChI is InChI=1S/C26H24N2O/c1-18(2)16-26(17-27)24-14-7-5-10-21(24)15-19(3)28(26)25(29)23-13-8-11-20-9-4-6-12-22(20)23/h4-15,18H,16H2,1-3H3. The molecule has 1 unspecified atom stereocenters. The summed E-state index contributed by atoms with van der Waals surface area (Å²) in [7, 11) is 0. The Balaban J connectivity index is 1.95. The Bertz CT molecular complexity index is 1160. The van der Waals surface area contributed by atoms with Crippen LogP contribution in [0.25, 0.3) is 16.8 Å². The van der Waals surface area contributed by atoms with E-state index in [4.69, 9.17) is 0 Å². The van der Waals surface area contributed by atoms with Gasteiger partial charge in [-0.2, -0.15) is 5.26 Å². The fourth-order valence-electron chi connectivity index (χ4n) is 4.52. The van der Waals surface area contributed by atoms with Gasteiger partial charge in [-0.1, -0.05) is 74.5 Å². The first-order chi connectivity index (χ1) is 14.0. The summed E-state index contributed by atoms with van der Waals surface area (Å²) in [6, 6.07) is 24.1. The molecule has 3 heteroatoms. The second-order valence-electron chi connectivity index (χ2n) is 8.11. The molecule has 0 saturated heterocycles. The SMILES string of the molecule is CC1=Cc2ccccc2C(C#N)(CC(C)C)N1C(=O)c1cccc2ccccc12. The zero-order valence-corrected chi connectivity index (χ0v) is 17.0. The average Bonchev–Trinajstić information content (AvgIpc) is 2.72. The van der Waals surface area contributed by atoms with Crippen LogP contribution in [0.15, 0.2) is 72.4 Å². The number of rotatable bonds is 3. The number of hydrogen-bond donors (Lipinski definition) is 0. The average molecular weight is 380 g/mol. The van der Waals surface area contributed by atoms with Crippen LogP contribution in [0, 0.1) is 17.2 Å². The molecule has 3 nitrogen and oxygen atoms in total. The minimum Gasteiger partial charge on any atom is -0.289 e. The van der Waals surface area contributed by atoms with Crippen LogP contribution < -0.4 is 0 Å². The Kier molecular flexibility index (Phi) is 4.72. The number of allylic oxidation sites excluding steroid dienone is 1. The van der Waals surface area contributed by atoms with Crippen LogP contribution in [0.4, 0.5) is 0 Å².